The van der Waals surface area contributed by atoms with Crippen LogP contribution in [0.3, 0.4) is 0 Å². The van der Waals surface area contributed by atoms with E-state index in [1.807, 2.05) is 0 Å². The lowest BCUT2D eigenvalue weighted by Gasteiger charge is -2.39. The number of nitro groups is 1. The van der Waals surface area contributed by atoms with Crippen molar-refractivity contribution in [1.29, 1.82) is 0 Å². The molecule has 7 heteroatoms. The van der Waals surface area contributed by atoms with Gasteiger partial charge in [-0.1, -0.05) is 13.0 Å². The maximum atomic E-state index is 11.3. The van der Waals surface area contributed by atoms with E-state index >= 15 is 0 Å². The summed E-state index contributed by atoms with van der Waals surface area (Å²) in [4.78, 5) is 10.8. The van der Waals surface area contributed by atoms with Gasteiger partial charge in [0.05, 0.1) is 17.1 Å². The number of hydrogen-bond acceptors (Lipinski definition) is 6. The molecule has 0 radical (unpaired) electrons. The topological polar surface area (TPSA) is 113 Å². The molecule has 21 heavy (non-hydrogen) atoms. The van der Waals surface area contributed by atoms with Gasteiger partial charge in [-0.05, 0) is 43.7 Å². The van der Waals surface area contributed by atoms with Crippen LogP contribution in [0.2, 0.25) is 0 Å². The molecule has 0 amide bonds. The molecule has 5 N–H and O–H groups in total. The van der Waals surface area contributed by atoms with Gasteiger partial charge in [0.2, 0.25) is 0 Å². The van der Waals surface area contributed by atoms with Crippen molar-refractivity contribution in [3.63, 3.8) is 0 Å². The van der Waals surface area contributed by atoms with Crippen molar-refractivity contribution >= 4 is 17.1 Å². The highest BCUT2D eigenvalue weighted by molar-refractivity contribution is 5.76. The Morgan fingerprint density at radius 2 is 2.05 bits per heavy atom. The molecule has 1 aromatic carbocycles. The number of rotatable bonds is 5. The van der Waals surface area contributed by atoms with Gasteiger partial charge in [0, 0.05) is 0 Å². The zero-order chi connectivity index (χ0) is 15.5. The van der Waals surface area contributed by atoms with E-state index in [-0.39, 0.29) is 18.0 Å². The van der Waals surface area contributed by atoms with E-state index in [0.717, 1.165) is 25.7 Å². The Morgan fingerprint density at radius 1 is 1.43 bits per heavy atom. The number of anilines is 2. The Labute approximate surface area is 123 Å². The maximum Gasteiger partial charge on any atom is 0.316 e. The van der Waals surface area contributed by atoms with Gasteiger partial charge in [-0.2, -0.15) is 0 Å². The first-order valence-electron chi connectivity index (χ1n) is 7.14. The molecule has 0 bridgehead atoms. The second kappa shape index (κ2) is 6.28. The van der Waals surface area contributed by atoms with Crippen molar-refractivity contribution in [2.45, 2.75) is 38.1 Å². The van der Waals surface area contributed by atoms with Crippen molar-refractivity contribution in [1.82, 2.24) is 0 Å². The van der Waals surface area contributed by atoms with Crippen LogP contribution in [0.25, 0.3) is 0 Å². The average Bonchev–Trinajstić information content (AvgIpc) is 2.49. The number of nitrogen functional groups attached to an aromatic ring is 1. The Hall–Kier alpha value is -1.86. The molecule has 1 saturated carbocycles. The van der Waals surface area contributed by atoms with Gasteiger partial charge in [0.15, 0.2) is 0 Å². The summed E-state index contributed by atoms with van der Waals surface area (Å²) in [6, 6.07) is 4.90. The fourth-order valence-electron chi connectivity index (χ4n) is 2.88. The minimum atomic E-state index is -0.496. The Kier molecular flexibility index (Phi) is 4.64. The van der Waals surface area contributed by atoms with E-state index in [4.69, 9.17) is 5.84 Å². The number of para-hydroxylation sites is 1. The molecule has 0 unspecified atom stereocenters. The third kappa shape index (κ3) is 3.25. The first-order chi connectivity index (χ1) is 10.0. The van der Waals surface area contributed by atoms with Crippen LogP contribution in [0.5, 0.6) is 0 Å². The first-order valence-corrected chi connectivity index (χ1v) is 7.14. The Balaban J connectivity index is 2.31. The number of hydrazine groups is 1. The summed E-state index contributed by atoms with van der Waals surface area (Å²) in [6.45, 7) is 2.14. The number of nitrogens with zero attached hydrogens (tertiary/aromatic N) is 1. The van der Waals surface area contributed by atoms with Crippen LogP contribution >= 0.6 is 0 Å². The van der Waals surface area contributed by atoms with E-state index in [9.17, 15) is 15.2 Å². The smallest absolute Gasteiger partial charge is 0.316 e. The lowest BCUT2D eigenvalue weighted by molar-refractivity contribution is -0.383. The Bertz CT molecular complexity index is 513. The molecule has 0 aliphatic heterocycles. The predicted molar refractivity (Wildman–Crippen MR) is 82.0 cm³/mol. The lowest BCUT2D eigenvalue weighted by atomic mass is 9.77. The first kappa shape index (κ1) is 15.5. The minimum absolute atomic E-state index is 0.0445. The van der Waals surface area contributed by atoms with Crippen LogP contribution in [0.1, 0.15) is 32.6 Å². The number of nitro benzene ring substituents is 1. The van der Waals surface area contributed by atoms with Crippen molar-refractivity contribution in [2.75, 3.05) is 17.3 Å². The summed E-state index contributed by atoms with van der Waals surface area (Å²) in [5, 5.41) is 24.3. The number of nitrogens with one attached hydrogen (secondary N) is 2. The van der Waals surface area contributed by atoms with Gasteiger partial charge in [-0.15, -0.1) is 0 Å². The van der Waals surface area contributed by atoms with Crippen molar-refractivity contribution in [2.24, 2.45) is 11.8 Å². The molecule has 1 aromatic rings. The third-order valence-corrected chi connectivity index (χ3v) is 4.31. The molecule has 1 aliphatic rings. The van der Waals surface area contributed by atoms with E-state index < -0.39 is 10.5 Å². The highest BCUT2D eigenvalue weighted by atomic mass is 16.6. The van der Waals surface area contributed by atoms with Crippen LogP contribution in [0.4, 0.5) is 17.1 Å². The lowest BCUT2D eigenvalue weighted by Crippen LogP contribution is -2.45. The molecule has 1 aliphatic carbocycles. The van der Waals surface area contributed by atoms with Gasteiger partial charge in [0.25, 0.3) is 0 Å². The standard InChI is InChI=1S/C14H22N4O3/c1-10-5-7-14(9-19,8-6-10)16-11-3-2-4-12(17-15)13(11)18(20)21/h2-4,10,16-17,19H,5-9,15H2,1H3. The van der Waals surface area contributed by atoms with Gasteiger partial charge in [-0.25, -0.2) is 0 Å². The van der Waals surface area contributed by atoms with Crippen molar-refractivity contribution < 1.29 is 10.0 Å². The maximum absolute atomic E-state index is 11.3. The van der Waals surface area contributed by atoms with Crippen molar-refractivity contribution in [3.05, 3.63) is 28.3 Å². The number of hydrogen-bond donors (Lipinski definition) is 4. The SMILES string of the molecule is CC1CCC(CO)(Nc2cccc(NN)c2[N+](=O)[O-])CC1. The van der Waals surface area contributed by atoms with E-state index in [2.05, 4.69) is 17.7 Å². The molecular formula is C14H22N4O3. The molecule has 116 valence electrons. The van der Waals surface area contributed by atoms with Crippen molar-refractivity contribution in [3.8, 4) is 0 Å². The fourth-order valence-corrected chi connectivity index (χ4v) is 2.88. The highest BCUT2D eigenvalue weighted by Crippen LogP contribution is 2.39. The fraction of sp³-hybridized carbons (Fsp3) is 0.571. The van der Waals surface area contributed by atoms with E-state index in [1.165, 1.54) is 0 Å². The van der Waals surface area contributed by atoms with E-state index in [1.54, 1.807) is 18.2 Å². The monoisotopic (exact) mass is 294 g/mol. The number of aliphatic hydroxyl groups excluding tert-OH is 1. The summed E-state index contributed by atoms with van der Waals surface area (Å²) in [5.41, 5.74) is 2.40. The molecule has 7 nitrogen and oxygen atoms in total. The van der Waals surface area contributed by atoms with Gasteiger partial charge in [-0.3, -0.25) is 16.0 Å². The molecule has 0 aromatic heterocycles. The van der Waals surface area contributed by atoms with Crippen LogP contribution < -0.4 is 16.6 Å². The quantitative estimate of drug-likeness (QED) is 0.376. The highest BCUT2D eigenvalue weighted by Gasteiger charge is 2.35. The summed E-state index contributed by atoms with van der Waals surface area (Å²) >= 11 is 0. The third-order valence-electron chi connectivity index (χ3n) is 4.31. The summed E-state index contributed by atoms with van der Waals surface area (Å²) in [7, 11) is 0. The normalized spacial score (nSPS) is 25.4. The van der Waals surface area contributed by atoms with Crippen LogP contribution in [0, 0.1) is 16.0 Å². The molecule has 0 saturated heterocycles. The average molecular weight is 294 g/mol. The predicted octanol–water partition coefficient (Wildman–Crippen LogP) is 2.23. The van der Waals surface area contributed by atoms with E-state index in [0.29, 0.717) is 11.6 Å². The summed E-state index contributed by atoms with van der Waals surface area (Å²) in [5.74, 6) is 5.97. The summed E-state index contributed by atoms with van der Waals surface area (Å²) < 4.78 is 0. The van der Waals surface area contributed by atoms with Crippen LogP contribution in [-0.4, -0.2) is 22.2 Å². The molecule has 0 atom stereocenters. The zero-order valence-electron chi connectivity index (χ0n) is 12.1. The minimum Gasteiger partial charge on any atom is -0.394 e. The molecule has 0 heterocycles. The molecular weight excluding hydrogens is 272 g/mol. The largest absolute Gasteiger partial charge is 0.394 e. The zero-order valence-corrected chi connectivity index (χ0v) is 12.1. The number of aliphatic hydroxyl groups is 1. The van der Waals surface area contributed by atoms with Gasteiger partial charge in [0.1, 0.15) is 11.4 Å². The van der Waals surface area contributed by atoms with Gasteiger partial charge < -0.3 is 15.8 Å². The second-order valence-corrected chi connectivity index (χ2v) is 5.85. The number of benzene rings is 1. The van der Waals surface area contributed by atoms with Crippen LogP contribution in [-0.2, 0) is 0 Å². The Morgan fingerprint density at radius 3 is 2.57 bits per heavy atom. The summed E-state index contributed by atoms with van der Waals surface area (Å²) in [6.07, 6.45) is 3.58. The number of nitrogens with two attached hydrogens (primary N) is 1. The molecule has 2 rings (SSSR count). The molecule has 1 fully saturated rings. The second-order valence-electron chi connectivity index (χ2n) is 5.85. The van der Waals surface area contributed by atoms with Gasteiger partial charge >= 0.3 is 5.69 Å². The van der Waals surface area contributed by atoms with Crippen LogP contribution in [0.15, 0.2) is 18.2 Å². The molecule has 0 spiro atoms.